The summed E-state index contributed by atoms with van der Waals surface area (Å²) >= 11 is 0. The average Bonchev–Trinajstić information content (AvgIpc) is 3.98. The number of nitrogens with zero attached hydrogens (tertiary/aromatic N) is 9. The van der Waals surface area contributed by atoms with Gasteiger partial charge in [0.25, 0.3) is 0 Å². The molecule has 0 aliphatic heterocycles. The summed E-state index contributed by atoms with van der Waals surface area (Å²) in [5, 5.41) is 15.8. The molecule has 5 N–H and O–H groups in total. The molecule has 0 spiro atoms. The van der Waals surface area contributed by atoms with Crippen LogP contribution in [0.3, 0.4) is 0 Å². The number of carbonyl (C=O) groups excluding carboxylic acids is 4. The smallest absolute Gasteiger partial charge is 0.314 e. The molecule has 0 saturated carbocycles. The number of hydrogen-bond donors (Lipinski definition) is 3. The summed E-state index contributed by atoms with van der Waals surface area (Å²) in [7, 11) is -1.24. The number of rotatable bonds is 14. The lowest BCUT2D eigenvalue weighted by molar-refractivity contribution is -0.146. The van der Waals surface area contributed by atoms with Crippen molar-refractivity contribution in [3.8, 4) is 0 Å². The van der Waals surface area contributed by atoms with Gasteiger partial charge in [-0.15, -0.1) is 0 Å². The molecule has 4 amide bonds. The lowest BCUT2D eigenvalue weighted by Gasteiger charge is -2.22. The van der Waals surface area contributed by atoms with Crippen molar-refractivity contribution in [1.29, 1.82) is 0 Å². The lowest BCUT2D eigenvalue weighted by atomic mass is 10.2. The van der Waals surface area contributed by atoms with Crippen LogP contribution in [0.2, 0.25) is 25.7 Å². The Bertz CT molecular complexity index is 2190. The zero-order chi connectivity index (χ0) is 40.1. The number of pyridine rings is 1. The van der Waals surface area contributed by atoms with Crippen LogP contribution < -0.4 is 16.8 Å². The summed E-state index contributed by atoms with van der Waals surface area (Å²) in [5.41, 5.74) is 13.8. The Hall–Kier alpha value is -6.66. The summed E-state index contributed by atoms with van der Waals surface area (Å²) in [5.74, 6) is -2.93. The van der Waals surface area contributed by atoms with Crippen LogP contribution >= 0.6 is 0 Å². The maximum Gasteiger partial charge on any atom is 0.314 e. The van der Waals surface area contributed by atoms with Gasteiger partial charge in [-0.2, -0.15) is 15.3 Å². The van der Waals surface area contributed by atoms with Crippen LogP contribution in [0.4, 0.5) is 11.5 Å². The van der Waals surface area contributed by atoms with Gasteiger partial charge in [0.05, 0.1) is 29.0 Å². The molecule has 4 aromatic heterocycles. The van der Waals surface area contributed by atoms with E-state index in [-0.39, 0.29) is 32.4 Å². The molecule has 0 aliphatic rings. The molecular weight excluding hydrogens is 733 g/mol. The minimum atomic E-state index is -1.24. The second-order valence-corrected chi connectivity index (χ2v) is 19.6. The number of nitrogen functional groups attached to an aromatic ring is 1. The maximum absolute atomic E-state index is 13.3. The second-order valence-electron chi connectivity index (χ2n) is 14.0. The van der Waals surface area contributed by atoms with E-state index in [1.807, 2.05) is 60.7 Å². The third kappa shape index (κ3) is 11.7. The number of amides is 4. The van der Waals surface area contributed by atoms with E-state index < -0.39 is 31.7 Å². The first-order valence-corrected chi connectivity index (χ1v) is 21.5. The van der Waals surface area contributed by atoms with Crippen LogP contribution in [0, 0.1) is 0 Å². The van der Waals surface area contributed by atoms with Gasteiger partial charge in [-0.1, -0.05) is 80.3 Å². The third-order valence-corrected chi connectivity index (χ3v) is 10.0. The number of anilines is 2. The van der Waals surface area contributed by atoms with Gasteiger partial charge >= 0.3 is 23.6 Å². The fourth-order valence-corrected chi connectivity index (χ4v) is 6.17. The molecule has 0 radical (unpaired) electrons. The monoisotopic (exact) mass is 778 g/mol. The van der Waals surface area contributed by atoms with Crippen LogP contribution in [0.25, 0.3) is 10.9 Å². The molecule has 6 rings (SSSR count). The van der Waals surface area contributed by atoms with E-state index in [9.17, 15) is 19.2 Å². The first-order valence-electron chi connectivity index (χ1n) is 17.8. The van der Waals surface area contributed by atoms with Crippen molar-refractivity contribution in [2.45, 2.75) is 58.8 Å². The molecule has 0 saturated heterocycles. The van der Waals surface area contributed by atoms with E-state index >= 15 is 0 Å². The summed E-state index contributed by atoms with van der Waals surface area (Å²) < 4.78 is 10.6. The highest BCUT2D eigenvalue weighted by atomic mass is 28.3. The number of nitrogens with one attached hydrogen (secondary N) is 1. The van der Waals surface area contributed by atoms with E-state index in [0.29, 0.717) is 29.7 Å². The lowest BCUT2D eigenvalue weighted by Crippen LogP contribution is -2.40. The van der Waals surface area contributed by atoms with E-state index in [1.54, 1.807) is 57.2 Å². The van der Waals surface area contributed by atoms with Gasteiger partial charge < -0.3 is 31.3 Å². The van der Waals surface area contributed by atoms with Crippen LogP contribution in [0.1, 0.15) is 11.1 Å². The number of primary amides is 1. The largest absolute Gasteiger partial charge is 0.383 e. The highest BCUT2D eigenvalue weighted by molar-refractivity contribution is 6.76. The Morgan fingerprint density at radius 3 is 1.82 bits per heavy atom. The Kier molecular flexibility index (Phi) is 13.8. The van der Waals surface area contributed by atoms with E-state index in [0.717, 1.165) is 17.2 Å². The van der Waals surface area contributed by atoms with Crippen molar-refractivity contribution >= 4 is 54.1 Å². The van der Waals surface area contributed by atoms with Gasteiger partial charge in [0.2, 0.25) is 0 Å². The Morgan fingerprint density at radius 2 is 1.32 bits per heavy atom. The molecule has 0 fully saturated rings. The highest BCUT2D eigenvalue weighted by Crippen LogP contribution is 2.27. The summed E-state index contributed by atoms with van der Waals surface area (Å²) in [6.07, 6.45) is 9.68. The SMILES string of the molecule is C[Si](C)(C)CCOCn1ncc2c(N)ncc(NC(=O)C(=O)N(Cc3ccccc3)Cn3cccn3)c21.NC(=O)C(=O)N(Cc1ccccc1)Cn1cccn1. The van der Waals surface area contributed by atoms with Crippen LogP contribution in [0.15, 0.2) is 110 Å². The third-order valence-electron chi connectivity index (χ3n) is 8.32. The van der Waals surface area contributed by atoms with Crippen LogP contribution in [-0.4, -0.2) is 82.4 Å². The van der Waals surface area contributed by atoms with Gasteiger partial charge in [0, 0.05) is 52.6 Å². The number of hydrogen-bond acceptors (Lipinski definition) is 10. The molecule has 56 heavy (non-hydrogen) atoms. The van der Waals surface area contributed by atoms with Gasteiger partial charge in [-0.3, -0.25) is 28.5 Å². The van der Waals surface area contributed by atoms with Crippen molar-refractivity contribution in [3.05, 3.63) is 121 Å². The van der Waals surface area contributed by atoms with Gasteiger partial charge in [0.15, 0.2) is 0 Å². The normalized spacial score (nSPS) is 11.1. The van der Waals surface area contributed by atoms with Gasteiger partial charge in [-0.05, 0) is 29.3 Å². The number of nitrogens with two attached hydrogens (primary N) is 2. The number of benzene rings is 2. The Balaban J connectivity index is 0.000000265. The number of carbonyl (C=O) groups is 4. The Morgan fingerprint density at radius 1 is 0.768 bits per heavy atom. The van der Waals surface area contributed by atoms with Gasteiger partial charge in [0.1, 0.15) is 25.9 Å². The first-order chi connectivity index (χ1) is 26.9. The second kappa shape index (κ2) is 19.1. The summed E-state index contributed by atoms with van der Waals surface area (Å²) in [6.45, 7) is 8.50. The molecule has 0 atom stereocenters. The summed E-state index contributed by atoms with van der Waals surface area (Å²) in [6, 6.07) is 23.4. The number of ether oxygens (including phenoxy) is 1. The zero-order valence-electron chi connectivity index (χ0n) is 31.6. The van der Waals surface area contributed by atoms with Crippen LogP contribution in [0.5, 0.6) is 0 Å². The van der Waals surface area contributed by atoms with Crippen molar-refractivity contribution < 1.29 is 23.9 Å². The van der Waals surface area contributed by atoms with Gasteiger partial charge in [-0.25, -0.2) is 9.67 Å². The van der Waals surface area contributed by atoms with E-state index in [2.05, 4.69) is 45.2 Å². The van der Waals surface area contributed by atoms with E-state index in [4.69, 9.17) is 16.2 Å². The minimum absolute atomic E-state index is 0.117. The van der Waals surface area contributed by atoms with Crippen molar-refractivity contribution in [1.82, 2.24) is 44.1 Å². The topological polar surface area (TPSA) is 214 Å². The molecule has 17 nitrogen and oxygen atoms in total. The predicted octanol–water partition coefficient (Wildman–Crippen LogP) is 3.50. The molecule has 0 bridgehead atoms. The Labute approximate surface area is 324 Å². The average molecular weight is 779 g/mol. The molecule has 6 aromatic rings. The van der Waals surface area contributed by atoms with Crippen molar-refractivity contribution in [2.24, 2.45) is 5.73 Å². The fraction of sp³-hybridized carbons (Fsp3) is 0.263. The maximum atomic E-state index is 13.3. The first kappa shape index (κ1) is 40.5. The fourth-order valence-electron chi connectivity index (χ4n) is 5.41. The quantitative estimate of drug-likeness (QED) is 0.0832. The molecule has 4 heterocycles. The van der Waals surface area contributed by atoms with Crippen molar-refractivity contribution in [2.75, 3.05) is 17.7 Å². The predicted molar refractivity (Wildman–Crippen MR) is 212 cm³/mol. The standard InChI is InChI=1S/C25H32N8O3Si.C13H14N4O2/c1-37(2,3)13-12-36-18-33-22-20(14-29-33)23(26)27-15-21(22)30-24(34)25(35)31(17-32-11-7-10-28-32)16-19-8-5-4-6-9-19;14-12(18)13(19)16(10-17-8-4-7-15-17)9-11-5-2-1-3-6-11/h4-11,14-15H,12-13,16-18H2,1-3H3,(H2,26,27)(H,30,34);1-8H,9-10H2,(H2,14,18). The molecule has 0 unspecified atom stereocenters. The zero-order valence-corrected chi connectivity index (χ0v) is 32.6. The van der Waals surface area contributed by atoms with Crippen LogP contribution in [-0.2, 0) is 57.1 Å². The molecule has 0 aliphatic carbocycles. The van der Waals surface area contributed by atoms with Crippen molar-refractivity contribution in [3.63, 3.8) is 0 Å². The van der Waals surface area contributed by atoms with E-state index in [1.165, 1.54) is 16.0 Å². The molecule has 18 heteroatoms. The molecular formula is C38H46N12O5Si. The molecule has 292 valence electrons. The number of fused-ring (bicyclic) bond motifs is 1. The number of aromatic nitrogens is 7. The minimum Gasteiger partial charge on any atom is -0.383 e. The highest BCUT2D eigenvalue weighted by Gasteiger charge is 2.25. The summed E-state index contributed by atoms with van der Waals surface area (Å²) in [4.78, 5) is 56.2. The molecule has 2 aromatic carbocycles.